The van der Waals surface area contributed by atoms with E-state index in [9.17, 15) is 13.2 Å². The van der Waals surface area contributed by atoms with Gasteiger partial charge in [-0.25, -0.2) is 9.52 Å². The summed E-state index contributed by atoms with van der Waals surface area (Å²) in [6.07, 6.45) is -0.626. The van der Waals surface area contributed by atoms with Crippen molar-refractivity contribution in [2.45, 2.75) is 18.7 Å². The van der Waals surface area contributed by atoms with E-state index in [4.69, 9.17) is 16.3 Å². The smallest absolute Gasteiger partial charge is 0.421 e. The van der Waals surface area contributed by atoms with Gasteiger partial charge < -0.3 is 9.47 Å². The average molecular weight is 289 g/mol. The minimum absolute atomic E-state index is 0.0962. The predicted molar refractivity (Wildman–Crippen MR) is 63.2 cm³/mol. The number of alkyl halides is 1. The van der Waals surface area contributed by atoms with E-state index in [0.717, 1.165) is 0 Å². The number of ether oxygens (including phenoxy) is 2. The van der Waals surface area contributed by atoms with E-state index >= 15 is 0 Å². The molecule has 0 aromatic rings. The van der Waals surface area contributed by atoms with E-state index in [1.54, 1.807) is 11.6 Å². The van der Waals surface area contributed by atoms with Gasteiger partial charge in [-0.2, -0.15) is 13.1 Å². The Morgan fingerprint density at radius 2 is 2.12 bits per heavy atom. The number of carbonyl (C=O) groups excluding carboxylic acids is 1. The fourth-order valence-electron chi connectivity index (χ4n) is 0.920. The van der Waals surface area contributed by atoms with Crippen LogP contribution < -0.4 is 9.44 Å². The Morgan fingerprint density at radius 3 is 2.65 bits per heavy atom. The second-order valence-corrected chi connectivity index (χ2v) is 5.18. The molecule has 0 fully saturated rings. The second-order valence-electron chi connectivity index (χ2n) is 3.06. The van der Waals surface area contributed by atoms with Gasteiger partial charge in [-0.3, -0.25) is 0 Å². The van der Waals surface area contributed by atoms with E-state index in [1.807, 2.05) is 0 Å². The molecule has 1 unspecified atom stereocenters. The summed E-state index contributed by atoms with van der Waals surface area (Å²) in [5.41, 5.74) is 0. The van der Waals surface area contributed by atoms with Crippen LogP contribution in [0.1, 0.15) is 13.3 Å². The molecule has 0 rings (SSSR count). The molecule has 0 aromatic carbocycles. The zero-order chi connectivity index (χ0) is 13.3. The Balaban J connectivity index is 3.90. The van der Waals surface area contributed by atoms with Crippen molar-refractivity contribution < 1.29 is 22.7 Å². The molecule has 1 amide bonds. The van der Waals surface area contributed by atoms with Crippen molar-refractivity contribution in [2.75, 3.05) is 26.9 Å². The Morgan fingerprint density at radius 1 is 1.47 bits per heavy atom. The average Bonchev–Trinajstić information content (AvgIpc) is 2.16. The zero-order valence-corrected chi connectivity index (χ0v) is 11.3. The van der Waals surface area contributed by atoms with Gasteiger partial charge >= 0.3 is 16.3 Å². The first-order valence-corrected chi connectivity index (χ1v) is 6.90. The zero-order valence-electron chi connectivity index (χ0n) is 9.73. The molecule has 0 spiro atoms. The largest absolute Gasteiger partial charge is 0.449 e. The number of rotatable bonds is 8. The molecule has 2 N–H and O–H groups in total. The number of amides is 1. The van der Waals surface area contributed by atoms with E-state index in [2.05, 4.69) is 9.46 Å². The van der Waals surface area contributed by atoms with Gasteiger partial charge in [0.2, 0.25) is 0 Å². The first-order chi connectivity index (χ1) is 7.91. The fraction of sp³-hybridized carbons (Fsp3) is 0.875. The van der Waals surface area contributed by atoms with Crippen LogP contribution in [0.15, 0.2) is 0 Å². The molecule has 0 saturated carbocycles. The molecule has 7 nitrogen and oxygen atoms in total. The lowest BCUT2D eigenvalue weighted by molar-refractivity contribution is 0.158. The molecule has 1 atom stereocenters. The Bertz CT molecular complexity index is 322. The highest BCUT2D eigenvalue weighted by Gasteiger charge is 2.14. The SMILES string of the molecule is CCOC(=O)NS(=O)(=O)NCCC(Cl)COC. The summed E-state index contributed by atoms with van der Waals surface area (Å²) in [5, 5.41) is -0.287. The molecular weight excluding hydrogens is 272 g/mol. The third-order valence-electron chi connectivity index (χ3n) is 1.59. The van der Waals surface area contributed by atoms with Crippen molar-refractivity contribution in [3.05, 3.63) is 0 Å². The van der Waals surface area contributed by atoms with Crippen molar-refractivity contribution in [1.29, 1.82) is 0 Å². The maximum Gasteiger partial charge on any atom is 0.421 e. The molecular formula is C8H17ClN2O5S. The molecule has 0 radical (unpaired) electrons. The van der Waals surface area contributed by atoms with Gasteiger partial charge in [0.15, 0.2) is 0 Å². The van der Waals surface area contributed by atoms with Gasteiger partial charge in [-0.05, 0) is 13.3 Å². The third-order valence-corrected chi connectivity index (χ3v) is 2.95. The first-order valence-electron chi connectivity index (χ1n) is 4.98. The molecule has 9 heteroatoms. The molecule has 17 heavy (non-hydrogen) atoms. The minimum Gasteiger partial charge on any atom is -0.449 e. The van der Waals surface area contributed by atoms with E-state index in [-0.39, 0.29) is 18.5 Å². The highest BCUT2D eigenvalue weighted by Crippen LogP contribution is 2.00. The van der Waals surface area contributed by atoms with Crippen LogP contribution in [0.25, 0.3) is 0 Å². The van der Waals surface area contributed by atoms with Crippen LogP contribution in [0.5, 0.6) is 0 Å². The molecule has 0 heterocycles. The monoisotopic (exact) mass is 288 g/mol. The maximum absolute atomic E-state index is 11.3. The van der Waals surface area contributed by atoms with Gasteiger partial charge in [-0.15, -0.1) is 11.6 Å². The van der Waals surface area contributed by atoms with Crippen LogP contribution in [0.4, 0.5) is 4.79 Å². The molecule has 0 bridgehead atoms. The van der Waals surface area contributed by atoms with Crippen molar-refractivity contribution in [3.8, 4) is 0 Å². The Labute approximate surface area is 106 Å². The van der Waals surface area contributed by atoms with Crippen LogP contribution in [-0.4, -0.2) is 46.8 Å². The topological polar surface area (TPSA) is 93.7 Å². The normalized spacial score (nSPS) is 13.1. The minimum atomic E-state index is -3.89. The number of halogens is 1. The highest BCUT2D eigenvalue weighted by molar-refractivity contribution is 7.88. The molecule has 0 aliphatic heterocycles. The summed E-state index contributed by atoms with van der Waals surface area (Å²) in [5.74, 6) is 0. The molecule has 102 valence electrons. The maximum atomic E-state index is 11.3. The number of methoxy groups -OCH3 is 1. The lowest BCUT2D eigenvalue weighted by Crippen LogP contribution is -2.41. The van der Waals surface area contributed by atoms with Gasteiger partial charge in [0, 0.05) is 13.7 Å². The van der Waals surface area contributed by atoms with Gasteiger partial charge in [0.05, 0.1) is 18.6 Å². The van der Waals surface area contributed by atoms with Crippen LogP contribution in [0, 0.1) is 0 Å². The predicted octanol–water partition coefficient (Wildman–Crippen LogP) is 0.211. The summed E-state index contributed by atoms with van der Waals surface area (Å²) in [6.45, 7) is 2.10. The number of carbonyl (C=O) groups is 1. The number of hydrogen-bond donors (Lipinski definition) is 2. The standard InChI is InChI=1S/C8H17ClN2O5S/c1-3-16-8(12)11-17(13,14)10-5-4-7(9)6-15-2/h7,10H,3-6H2,1-2H3,(H,11,12). The van der Waals surface area contributed by atoms with Gasteiger partial charge in [-0.1, -0.05) is 0 Å². The molecule has 0 aliphatic carbocycles. The Kier molecular flexibility index (Phi) is 8.23. The van der Waals surface area contributed by atoms with E-state index in [1.165, 1.54) is 7.11 Å². The third kappa shape index (κ3) is 9.16. The van der Waals surface area contributed by atoms with Crippen molar-refractivity contribution in [3.63, 3.8) is 0 Å². The first kappa shape index (κ1) is 16.4. The summed E-state index contributed by atoms with van der Waals surface area (Å²) in [6, 6.07) is 0. The molecule has 0 aromatic heterocycles. The molecule has 0 aliphatic rings. The quantitative estimate of drug-likeness (QED) is 0.623. The van der Waals surface area contributed by atoms with Crippen molar-refractivity contribution in [2.24, 2.45) is 0 Å². The highest BCUT2D eigenvalue weighted by atomic mass is 35.5. The number of nitrogens with one attached hydrogen (secondary N) is 2. The number of hydrogen-bond acceptors (Lipinski definition) is 5. The lowest BCUT2D eigenvalue weighted by atomic mass is 10.3. The second kappa shape index (κ2) is 8.51. The van der Waals surface area contributed by atoms with Crippen molar-refractivity contribution in [1.82, 2.24) is 9.44 Å². The van der Waals surface area contributed by atoms with Crippen LogP contribution in [0.3, 0.4) is 0 Å². The van der Waals surface area contributed by atoms with Gasteiger partial charge in [0.25, 0.3) is 0 Å². The van der Waals surface area contributed by atoms with E-state index in [0.29, 0.717) is 13.0 Å². The molecule has 0 saturated heterocycles. The summed E-state index contributed by atoms with van der Waals surface area (Å²) in [4.78, 5) is 10.9. The van der Waals surface area contributed by atoms with Crippen molar-refractivity contribution >= 4 is 27.9 Å². The fourth-order valence-corrected chi connectivity index (χ4v) is 1.89. The van der Waals surface area contributed by atoms with Crippen LogP contribution in [-0.2, 0) is 19.7 Å². The Hall–Kier alpha value is -0.570. The van der Waals surface area contributed by atoms with Gasteiger partial charge in [0.1, 0.15) is 0 Å². The van der Waals surface area contributed by atoms with Crippen LogP contribution in [0.2, 0.25) is 0 Å². The summed E-state index contributed by atoms with van der Waals surface area (Å²) >= 11 is 5.79. The van der Waals surface area contributed by atoms with Crippen LogP contribution >= 0.6 is 11.6 Å². The lowest BCUT2D eigenvalue weighted by Gasteiger charge is -2.10. The summed E-state index contributed by atoms with van der Waals surface area (Å²) in [7, 11) is -2.39. The summed E-state index contributed by atoms with van der Waals surface area (Å²) < 4.78 is 35.6. The van der Waals surface area contributed by atoms with E-state index < -0.39 is 16.3 Å².